The molecule has 0 aliphatic heterocycles. The van der Waals surface area contributed by atoms with Crippen molar-refractivity contribution in [3.63, 3.8) is 0 Å². The zero-order chi connectivity index (χ0) is 20.0. The summed E-state index contributed by atoms with van der Waals surface area (Å²) >= 11 is 0. The number of aryl methyl sites for hydroxylation is 3. The van der Waals surface area contributed by atoms with Crippen LogP contribution in [-0.2, 0) is 9.53 Å². The van der Waals surface area contributed by atoms with Gasteiger partial charge in [-0.05, 0) is 50.1 Å². The fourth-order valence-corrected chi connectivity index (χ4v) is 2.82. The lowest BCUT2D eigenvalue weighted by atomic mass is 10.1. The maximum absolute atomic E-state index is 12.4. The summed E-state index contributed by atoms with van der Waals surface area (Å²) in [7, 11) is 2.97. The summed E-state index contributed by atoms with van der Waals surface area (Å²) in [6.07, 6.45) is 0. The molecule has 0 heterocycles. The van der Waals surface area contributed by atoms with Gasteiger partial charge in [0.2, 0.25) is 5.78 Å². The molecule has 6 nitrogen and oxygen atoms in total. The third kappa shape index (κ3) is 5.23. The fraction of sp³-hybridized carbons (Fsp3) is 0.333. The first-order chi connectivity index (χ1) is 12.8. The van der Waals surface area contributed by atoms with E-state index < -0.39 is 12.6 Å². The summed E-state index contributed by atoms with van der Waals surface area (Å²) < 4.78 is 20.9. The molecule has 27 heavy (non-hydrogen) atoms. The van der Waals surface area contributed by atoms with Gasteiger partial charge < -0.3 is 18.9 Å². The van der Waals surface area contributed by atoms with Crippen molar-refractivity contribution in [2.75, 3.05) is 27.4 Å². The van der Waals surface area contributed by atoms with Gasteiger partial charge in [-0.25, -0.2) is 4.79 Å². The number of rotatable bonds is 8. The molecule has 0 atom stereocenters. The second-order valence-corrected chi connectivity index (χ2v) is 6.17. The van der Waals surface area contributed by atoms with Crippen LogP contribution in [0.4, 0.5) is 0 Å². The molecule has 0 fully saturated rings. The third-order valence-corrected chi connectivity index (χ3v) is 4.01. The maximum atomic E-state index is 12.4. The lowest BCUT2D eigenvalue weighted by Crippen LogP contribution is -2.20. The summed E-state index contributed by atoms with van der Waals surface area (Å²) in [5, 5.41) is 0. The van der Waals surface area contributed by atoms with Crippen molar-refractivity contribution in [2.45, 2.75) is 20.8 Å². The number of Topliss-reactive ketones (excluding diaryl/α,β-unsaturated/α-hetero) is 1. The molecule has 0 aliphatic rings. The Morgan fingerprint density at radius 2 is 1.56 bits per heavy atom. The van der Waals surface area contributed by atoms with E-state index in [9.17, 15) is 9.59 Å². The number of methoxy groups -OCH3 is 2. The van der Waals surface area contributed by atoms with Crippen LogP contribution in [0.1, 0.15) is 27.0 Å². The van der Waals surface area contributed by atoms with E-state index in [4.69, 9.17) is 18.9 Å². The lowest BCUT2D eigenvalue weighted by molar-refractivity contribution is -0.144. The van der Waals surface area contributed by atoms with Gasteiger partial charge in [0.05, 0.1) is 19.8 Å². The number of benzene rings is 2. The van der Waals surface area contributed by atoms with E-state index in [2.05, 4.69) is 0 Å². The van der Waals surface area contributed by atoms with Crippen molar-refractivity contribution in [1.29, 1.82) is 0 Å². The predicted octanol–water partition coefficient (Wildman–Crippen LogP) is 3.43. The Balaban J connectivity index is 1.95. The molecular weight excluding hydrogens is 348 g/mol. The summed E-state index contributed by atoms with van der Waals surface area (Å²) in [5.41, 5.74) is 3.29. The summed E-state index contributed by atoms with van der Waals surface area (Å²) in [4.78, 5) is 24.3. The Morgan fingerprint density at radius 1 is 0.889 bits per heavy atom. The van der Waals surface area contributed by atoms with E-state index in [1.165, 1.54) is 14.2 Å². The molecule has 0 aliphatic carbocycles. The topological polar surface area (TPSA) is 71.1 Å². The maximum Gasteiger partial charge on any atom is 0.344 e. The molecule has 0 radical (unpaired) electrons. The van der Waals surface area contributed by atoms with Gasteiger partial charge in [-0.15, -0.1) is 0 Å². The van der Waals surface area contributed by atoms with Gasteiger partial charge in [-0.3, -0.25) is 4.79 Å². The molecule has 0 N–H and O–H groups in total. The van der Waals surface area contributed by atoms with E-state index >= 15 is 0 Å². The van der Waals surface area contributed by atoms with Gasteiger partial charge in [-0.1, -0.05) is 17.7 Å². The molecule has 2 aromatic carbocycles. The Hall–Kier alpha value is -3.02. The van der Waals surface area contributed by atoms with E-state index in [1.807, 2.05) is 32.9 Å². The van der Waals surface area contributed by atoms with Crippen molar-refractivity contribution in [2.24, 2.45) is 0 Å². The Kier molecular flexibility index (Phi) is 6.82. The SMILES string of the molecule is COc1ccc(OC)c(C(=O)COC(=O)COc2c(C)cc(C)cc2C)c1. The molecule has 144 valence electrons. The average Bonchev–Trinajstić information content (AvgIpc) is 2.64. The number of carbonyl (C=O) groups excluding carboxylic acids is 2. The summed E-state index contributed by atoms with van der Waals surface area (Å²) in [5.74, 6) is 0.544. The van der Waals surface area contributed by atoms with Gasteiger partial charge in [0.1, 0.15) is 17.2 Å². The largest absolute Gasteiger partial charge is 0.497 e. The highest BCUT2D eigenvalue weighted by molar-refractivity contribution is 6.00. The molecule has 0 spiro atoms. The number of ether oxygens (including phenoxy) is 4. The van der Waals surface area contributed by atoms with Crippen LogP contribution in [0, 0.1) is 20.8 Å². The smallest absolute Gasteiger partial charge is 0.344 e. The normalized spacial score (nSPS) is 10.3. The van der Waals surface area contributed by atoms with E-state index in [-0.39, 0.29) is 18.0 Å². The van der Waals surface area contributed by atoms with Crippen LogP contribution in [0.15, 0.2) is 30.3 Å². The van der Waals surface area contributed by atoms with Gasteiger partial charge in [0, 0.05) is 0 Å². The first kappa shape index (κ1) is 20.3. The molecule has 0 saturated heterocycles. The monoisotopic (exact) mass is 372 g/mol. The standard InChI is InChI=1S/C21H24O6/c1-13-8-14(2)21(15(3)9-13)27-12-20(23)26-11-18(22)17-10-16(24-4)6-7-19(17)25-5/h6-10H,11-12H2,1-5H3. The van der Waals surface area contributed by atoms with Crippen molar-refractivity contribution < 1.29 is 28.5 Å². The highest BCUT2D eigenvalue weighted by atomic mass is 16.6. The highest BCUT2D eigenvalue weighted by Crippen LogP contribution is 2.25. The molecule has 0 aromatic heterocycles. The number of carbonyl (C=O) groups is 2. The molecule has 0 bridgehead atoms. The minimum Gasteiger partial charge on any atom is -0.497 e. The Morgan fingerprint density at radius 3 is 2.15 bits per heavy atom. The highest BCUT2D eigenvalue weighted by Gasteiger charge is 2.16. The van der Waals surface area contributed by atoms with Crippen LogP contribution in [0.25, 0.3) is 0 Å². The van der Waals surface area contributed by atoms with Gasteiger partial charge in [-0.2, -0.15) is 0 Å². The van der Waals surface area contributed by atoms with E-state index in [0.717, 1.165) is 16.7 Å². The minimum absolute atomic E-state index is 0.271. The fourth-order valence-electron chi connectivity index (χ4n) is 2.82. The van der Waals surface area contributed by atoms with E-state index in [0.29, 0.717) is 17.2 Å². The summed E-state index contributed by atoms with van der Waals surface area (Å²) in [6.45, 7) is 5.15. The van der Waals surface area contributed by atoms with Crippen LogP contribution >= 0.6 is 0 Å². The van der Waals surface area contributed by atoms with Gasteiger partial charge in [0.25, 0.3) is 0 Å². The number of hydrogen-bond donors (Lipinski definition) is 0. The molecule has 0 amide bonds. The van der Waals surface area contributed by atoms with Crippen LogP contribution < -0.4 is 14.2 Å². The molecule has 2 rings (SSSR count). The quantitative estimate of drug-likeness (QED) is 0.522. The van der Waals surface area contributed by atoms with Crippen LogP contribution in [0.5, 0.6) is 17.2 Å². The zero-order valence-corrected chi connectivity index (χ0v) is 16.3. The molecule has 0 saturated carbocycles. The van der Waals surface area contributed by atoms with Crippen LogP contribution in [0.2, 0.25) is 0 Å². The van der Waals surface area contributed by atoms with Crippen molar-refractivity contribution >= 4 is 11.8 Å². The minimum atomic E-state index is -0.621. The van der Waals surface area contributed by atoms with Crippen molar-refractivity contribution in [3.05, 3.63) is 52.6 Å². The van der Waals surface area contributed by atoms with E-state index in [1.54, 1.807) is 18.2 Å². The van der Waals surface area contributed by atoms with Gasteiger partial charge in [0.15, 0.2) is 13.2 Å². The van der Waals surface area contributed by atoms with Crippen molar-refractivity contribution in [1.82, 2.24) is 0 Å². The van der Waals surface area contributed by atoms with Crippen LogP contribution in [0.3, 0.4) is 0 Å². The molecule has 2 aromatic rings. The van der Waals surface area contributed by atoms with Crippen molar-refractivity contribution in [3.8, 4) is 17.2 Å². The Labute approximate surface area is 159 Å². The second kappa shape index (κ2) is 9.07. The van der Waals surface area contributed by atoms with Gasteiger partial charge >= 0.3 is 5.97 Å². The lowest BCUT2D eigenvalue weighted by Gasteiger charge is -2.13. The average molecular weight is 372 g/mol. The van der Waals surface area contributed by atoms with Crippen LogP contribution in [-0.4, -0.2) is 39.2 Å². The molecule has 0 unspecified atom stereocenters. The Bertz CT molecular complexity index is 818. The third-order valence-electron chi connectivity index (χ3n) is 4.01. The first-order valence-corrected chi connectivity index (χ1v) is 8.47. The zero-order valence-electron chi connectivity index (χ0n) is 16.3. The molecule has 6 heteroatoms. The number of hydrogen-bond acceptors (Lipinski definition) is 6. The second-order valence-electron chi connectivity index (χ2n) is 6.17. The molecular formula is C21H24O6. The summed E-state index contributed by atoms with van der Waals surface area (Å²) in [6, 6.07) is 8.81. The predicted molar refractivity (Wildman–Crippen MR) is 101 cm³/mol. The first-order valence-electron chi connectivity index (χ1n) is 8.47. The number of esters is 1. The number of ketones is 1.